The third-order valence-corrected chi connectivity index (χ3v) is 2.00. The predicted molar refractivity (Wildman–Crippen MR) is 52.5 cm³/mol. The van der Waals surface area contributed by atoms with Crippen LogP contribution in [0.15, 0.2) is 28.8 Å². The lowest BCUT2D eigenvalue weighted by atomic mass is 10.1. The molecule has 0 saturated heterocycles. The molecule has 17 heavy (non-hydrogen) atoms. The second-order valence-electron chi connectivity index (χ2n) is 3.15. The van der Waals surface area contributed by atoms with Crippen LogP contribution in [0.4, 0.5) is 19.2 Å². The lowest BCUT2D eigenvalue weighted by Gasteiger charge is -2.06. The molecule has 0 aliphatic heterocycles. The molecule has 0 radical (unpaired) electrons. The van der Waals surface area contributed by atoms with E-state index in [1.165, 1.54) is 12.1 Å². The van der Waals surface area contributed by atoms with Crippen molar-refractivity contribution in [2.24, 2.45) is 5.84 Å². The van der Waals surface area contributed by atoms with E-state index in [0.29, 0.717) is 0 Å². The molecule has 1 heterocycles. The highest BCUT2D eigenvalue weighted by molar-refractivity contribution is 5.56. The van der Waals surface area contributed by atoms with Crippen LogP contribution in [-0.4, -0.2) is 10.1 Å². The van der Waals surface area contributed by atoms with Crippen LogP contribution in [0.5, 0.6) is 0 Å². The molecule has 0 aliphatic rings. The van der Waals surface area contributed by atoms with Crippen LogP contribution in [0.2, 0.25) is 0 Å². The topological polar surface area (TPSA) is 77.0 Å². The molecule has 0 amide bonds. The molecule has 90 valence electrons. The Morgan fingerprint density at radius 2 is 2.06 bits per heavy atom. The minimum absolute atomic E-state index is 0.0315. The van der Waals surface area contributed by atoms with Crippen molar-refractivity contribution in [3.8, 4) is 11.4 Å². The molecule has 2 rings (SSSR count). The third-order valence-electron chi connectivity index (χ3n) is 2.00. The maximum atomic E-state index is 12.5. The summed E-state index contributed by atoms with van der Waals surface area (Å²) in [5.74, 6) is 5.05. The van der Waals surface area contributed by atoms with Crippen molar-refractivity contribution in [1.82, 2.24) is 10.1 Å². The van der Waals surface area contributed by atoms with Gasteiger partial charge in [-0.2, -0.15) is 18.2 Å². The fourth-order valence-corrected chi connectivity index (χ4v) is 1.23. The summed E-state index contributed by atoms with van der Waals surface area (Å²) in [5.41, 5.74) is 1.52. The fourth-order valence-electron chi connectivity index (χ4n) is 1.23. The van der Waals surface area contributed by atoms with Crippen molar-refractivity contribution >= 4 is 6.01 Å². The summed E-state index contributed by atoms with van der Waals surface area (Å²) in [5, 5.41) is 3.48. The van der Waals surface area contributed by atoms with Gasteiger partial charge >= 0.3 is 12.2 Å². The van der Waals surface area contributed by atoms with Crippen molar-refractivity contribution in [2.75, 3.05) is 5.43 Å². The van der Waals surface area contributed by atoms with Gasteiger partial charge in [-0.15, -0.1) is 0 Å². The van der Waals surface area contributed by atoms with E-state index in [-0.39, 0.29) is 17.4 Å². The van der Waals surface area contributed by atoms with Crippen molar-refractivity contribution in [2.45, 2.75) is 6.18 Å². The van der Waals surface area contributed by atoms with Gasteiger partial charge in [-0.3, -0.25) is 5.43 Å². The van der Waals surface area contributed by atoms with Crippen LogP contribution in [-0.2, 0) is 6.18 Å². The zero-order chi connectivity index (χ0) is 12.5. The number of anilines is 1. The minimum Gasteiger partial charge on any atom is -0.314 e. The summed E-state index contributed by atoms with van der Waals surface area (Å²) in [6, 6.07) is 4.54. The van der Waals surface area contributed by atoms with Crippen molar-refractivity contribution < 1.29 is 17.7 Å². The van der Waals surface area contributed by atoms with Gasteiger partial charge < -0.3 is 4.52 Å². The Labute approximate surface area is 93.4 Å². The van der Waals surface area contributed by atoms with E-state index < -0.39 is 11.7 Å². The van der Waals surface area contributed by atoms with Gasteiger partial charge in [0.1, 0.15) is 0 Å². The summed E-state index contributed by atoms with van der Waals surface area (Å²) in [4.78, 5) is 3.74. The molecule has 0 atom stereocenters. The van der Waals surface area contributed by atoms with Gasteiger partial charge in [0, 0.05) is 5.56 Å². The Morgan fingerprint density at radius 3 is 2.65 bits per heavy atom. The van der Waals surface area contributed by atoms with E-state index in [1.54, 1.807) is 0 Å². The van der Waals surface area contributed by atoms with Crippen LogP contribution >= 0.6 is 0 Å². The molecule has 0 spiro atoms. The molecule has 1 aromatic carbocycles. The van der Waals surface area contributed by atoms with Gasteiger partial charge in [-0.05, 0) is 12.1 Å². The third kappa shape index (κ3) is 2.36. The smallest absolute Gasteiger partial charge is 0.314 e. The molecule has 2 aromatic rings. The largest absolute Gasteiger partial charge is 0.416 e. The van der Waals surface area contributed by atoms with Crippen molar-refractivity contribution in [1.29, 1.82) is 0 Å². The highest BCUT2D eigenvalue weighted by Crippen LogP contribution is 2.31. The average molecular weight is 244 g/mol. The number of nitrogens with two attached hydrogens (primary N) is 1. The number of nitrogens with zero attached hydrogens (tertiary/aromatic N) is 2. The highest BCUT2D eigenvalue weighted by Gasteiger charge is 2.30. The summed E-state index contributed by atoms with van der Waals surface area (Å²) in [6.45, 7) is 0. The Balaban J connectivity index is 2.39. The number of hydrogen-bond acceptors (Lipinski definition) is 5. The molecule has 3 N–H and O–H groups in total. The average Bonchev–Trinajstić information content (AvgIpc) is 2.76. The first-order valence-electron chi connectivity index (χ1n) is 4.48. The highest BCUT2D eigenvalue weighted by atomic mass is 19.4. The fraction of sp³-hybridized carbons (Fsp3) is 0.111. The lowest BCUT2D eigenvalue weighted by Crippen LogP contribution is -2.06. The van der Waals surface area contributed by atoms with E-state index in [2.05, 4.69) is 20.1 Å². The lowest BCUT2D eigenvalue weighted by molar-refractivity contribution is -0.137. The molecular formula is C9H7F3N4O. The molecule has 5 nitrogen and oxygen atoms in total. The van der Waals surface area contributed by atoms with Crippen molar-refractivity contribution in [3.05, 3.63) is 29.8 Å². The summed E-state index contributed by atoms with van der Waals surface area (Å²) >= 11 is 0. The summed E-state index contributed by atoms with van der Waals surface area (Å²) < 4.78 is 42.0. The van der Waals surface area contributed by atoms with Crippen LogP contribution in [0.1, 0.15) is 5.56 Å². The molecule has 0 bridgehead atoms. The first-order chi connectivity index (χ1) is 8.00. The Morgan fingerprint density at radius 1 is 1.29 bits per heavy atom. The number of benzene rings is 1. The SMILES string of the molecule is NNc1nc(-c2cccc(C(F)(F)F)c2)no1. The molecule has 1 aromatic heterocycles. The standard InChI is InChI=1S/C9H7F3N4O/c10-9(11,12)6-3-1-2-5(4-6)7-14-8(15-13)17-16-7/h1-4H,13H2,(H,14,15,16). The number of nitrogen functional groups attached to an aromatic ring is 1. The maximum Gasteiger partial charge on any atom is 0.416 e. The van der Waals surface area contributed by atoms with Gasteiger partial charge in [-0.1, -0.05) is 17.3 Å². The Kier molecular flexibility index (Phi) is 2.72. The molecule has 0 aliphatic carbocycles. The molecular weight excluding hydrogens is 237 g/mol. The van der Waals surface area contributed by atoms with Crippen LogP contribution in [0.25, 0.3) is 11.4 Å². The number of nitrogens with one attached hydrogen (secondary N) is 1. The minimum atomic E-state index is -4.41. The number of hydrazine groups is 1. The van der Waals surface area contributed by atoms with E-state index in [9.17, 15) is 13.2 Å². The zero-order valence-corrected chi connectivity index (χ0v) is 8.32. The monoisotopic (exact) mass is 244 g/mol. The number of rotatable bonds is 2. The second-order valence-corrected chi connectivity index (χ2v) is 3.15. The van der Waals surface area contributed by atoms with Gasteiger partial charge in [0.05, 0.1) is 5.56 Å². The molecule has 0 saturated carbocycles. The number of hydrogen-bond donors (Lipinski definition) is 2. The van der Waals surface area contributed by atoms with Gasteiger partial charge in [0.2, 0.25) is 5.82 Å². The van der Waals surface area contributed by atoms with E-state index >= 15 is 0 Å². The number of halogens is 3. The summed E-state index contributed by atoms with van der Waals surface area (Å²) in [7, 11) is 0. The van der Waals surface area contributed by atoms with Gasteiger partial charge in [0.15, 0.2) is 0 Å². The molecule has 0 unspecified atom stereocenters. The Hall–Kier alpha value is -2.09. The first kappa shape index (κ1) is 11.4. The number of aromatic nitrogens is 2. The quantitative estimate of drug-likeness (QED) is 0.624. The van der Waals surface area contributed by atoms with Gasteiger partial charge in [0.25, 0.3) is 0 Å². The number of alkyl halides is 3. The zero-order valence-electron chi connectivity index (χ0n) is 8.32. The second kappa shape index (κ2) is 4.06. The van der Waals surface area contributed by atoms with E-state index in [4.69, 9.17) is 5.84 Å². The van der Waals surface area contributed by atoms with Crippen LogP contribution < -0.4 is 11.3 Å². The molecule has 8 heteroatoms. The van der Waals surface area contributed by atoms with Crippen LogP contribution in [0, 0.1) is 0 Å². The maximum absolute atomic E-state index is 12.5. The van der Waals surface area contributed by atoms with E-state index in [1.807, 2.05) is 0 Å². The predicted octanol–water partition coefficient (Wildman–Crippen LogP) is 2.04. The van der Waals surface area contributed by atoms with E-state index in [0.717, 1.165) is 12.1 Å². The first-order valence-corrected chi connectivity index (χ1v) is 4.48. The molecule has 0 fully saturated rings. The van der Waals surface area contributed by atoms with Crippen molar-refractivity contribution in [3.63, 3.8) is 0 Å². The normalized spacial score (nSPS) is 11.5. The Bertz CT molecular complexity index is 523. The van der Waals surface area contributed by atoms with Gasteiger partial charge in [-0.25, -0.2) is 5.84 Å². The summed E-state index contributed by atoms with van der Waals surface area (Å²) in [6.07, 6.45) is -4.41. The van der Waals surface area contributed by atoms with Crippen LogP contribution in [0.3, 0.4) is 0 Å².